The van der Waals surface area contributed by atoms with E-state index in [0.29, 0.717) is 17.0 Å². The van der Waals surface area contributed by atoms with Crippen LogP contribution in [0, 0.1) is 11.8 Å². The van der Waals surface area contributed by atoms with Gasteiger partial charge < -0.3 is 4.90 Å². The molecular weight excluding hydrogens is 334 g/mol. The van der Waals surface area contributed by atoms with Crippen molar-refractivity contribution in [3.05, 3.63) is 65.9 Å². The average Bonchev–Trinajstić information content (AvgIpc) is 3.02. The van der Waals surface area contributed by atoms with Crippen LogP contribution in [0.5, 0.6) is 0 Å². The van der Waals surface area contributed by atoms with Crippen molar-refractivity contribution in [1.29, 1.82) is 0 Å². The summed E-state index contributed by atoms with van der Waals surface area (Å²) in [5, 5.41) is 4.69. The number of aryl methyl sites for hydroxylation is 1. The Labute approximate surface area is 160 Å². The van der Waals surface area contributed by atoms with Crippen molar-refractivity contribution in [2.75, 3.05) is 14.1 Å². The molecule has 0 N–H and O–H groups in total. The van der Waals surface area contributed by atoms with Crippen LogP contribution in [0.4, 0.5) is 0 Å². The number of rotatable bonds is 3. The second-order valence-electron chi connectivity index (χ2n) is 6.46. The van der Waals surface area contributed by atoms with Gasteiger partial charge in [-0.05, 0) is 17.0 Å². The third-order valence-corrected chi connectivity index (χ3v) is 4.32. The van der Waals surface area contributed by atoms with Crippen LogP contribution in [-0.4, -0.2) is 34.7 Å². The van der Waals surface area contributed by atoms with E-state index in [1.807, 2.05) is 50.4 Å². The summed E-state index contributed by atoms with van der Waals surface area (Å²) in [5.74, 6) is 6.09. The lowest BCUT2D eigenvalue weighted by molar-refractivity contribution is 0.0828. The van der Waals surface area contributed by atoms with Gasteiger partial charge in [-0.2, -0.15) is 5.10 Å². The van der Waals surface area contributed by atoms with Crippen LogP contribution < -0.4 is 0 Å². The summed E-state index contributed by atoms with van der Waals surface area (Å²) in [6.07, 6.45) is 0.719. The van der Waals surface area contributed by atoms with Crippen molar-refractivity contribution in [3.63, 3.8) is 0 Å². The van der Waals surface area contributed by atoms with Gasteiger partial charge >= 0.3 is 0 Å². The Morgan fingerprint density at radius 3 is 2.30 bits per heavy atom. The summed E-state index contributed by atoms with van der Waals surface area (Å²) in [6, 6.07) is 18.2. The maximum Gasteiger partial charge on any atom is 0.258 e. The molecule has 4 heteroatoms. The number of hydrogen-bond donors (Lipinski definition) is 0. The number of nitrogens with zero attached hydrogens (tertiary/aromatic N) is 3. The minimum absolute atomic E-state index is 0.0960. The molecule has 0 saturated heterocycles. The van der Waals surface area contributed by atoms with E-state index in [4.69, 9.17) is 5.10 Å². The fourth-order valence-electron chi connectivity index (χ4n) is 3.01. The molecule has 2 aromatic carbocycles. The van der Waals surface area contributed by atoms with Crippen molar-refractivity contribution in [1.82, 2.24) is 14.7 Å². The number of carbonyl (C=O) groups is 1. The zero-order valence-electron chi connectivity index (χ0n) is 16.2. The predicted octanol–water partition coefficient (Wildman–Crippen LogP) is 4.22. The Balaban J connectivity index is 2.29. The van der Waals surface area contributed by atoms with Gasteiger partial charge in [0, 0.05) is 33.1 Å². The number of carbonyl (C=O) groups excluding carboxylic acids is 1. The van der Waals surface area contributed by atoms with E-state index in [2.05, 4.69) is 30.0 Å². The highest BCUT2D eigenvalue weighted by molar-refractivity contribution is 6.03. The molecule has 1 aromatic heterocycles. The first-order valence-electron chi connectivity index (χ1n) is 8.97. The Hall–Kier alpha value is -3.32. The standard InChI is InChI=1S/C23H23N3O/c1-5-6-16-20-21(23(27)25(2)3)22(24-26(20)4)19-15-11-10-14-18(19)17-12-8-7-9-13-17/h7-15H,5H2,1-4H3. The molecule has 3 aromatic rings. The van der Waals surface area contributed by atoms with Crippen molar-refractivity contribution < 1.29 is 4.79 Å². The second kappa shape index (κ2) is 7.92. The summed E-state index contributed by atoms with van der Waals surface area (Å²) in [6.45, 7) is 1.99. The first kappa shape index (κ1) is 18.5. The first-order chi connectivity index (χ1) is 13.0. The van der Waals surface area contributed by atoms with E-state index in [1.165, 1.54) is 0 Å². The molecule has 0 fully saturated rings. The first-order valence-corrected chi connectivity index (χ1v) is 8.97. The number of benzene rings is 2. The van der Waals surface area contributed by atoms with E-state index in [-0.39, 0.29) is 5.91 Å². The summed E-state index contributed by atoms with van der Waals surface area (Å²) < 4.78 is 1.70. The molecule has 0 aliphatic heterocycles. The molecule has 1 amide bonds. The quantitative estimate of drug-likeness (QED) is 0.658. The van der Waals surface area contributed by atoms with Gasteiger partial charge in [-0.15, -0.1) is 0 Å². The highest BCUT2D eigenvalue weighted by Gasteiger charge is 2.25. The van der Waals surface area contributed by atoms with Gasteiger partial charge in [-0.3, -0.25) is 9.48 Å². The fourth-order valence-corrected chi connectivity index (χ4v) is 3.01. The second-order valence-corrected chi connectivity index (χ2v) is 6.46. The van der Waals surface area contributed by atoms with Gasteiger partial charge in [0.1, 0.15) is 17.0 Å². The molecule has 0 spiro atoms. The molecule has 4 nitrogen and oxygen atoms in total. The minimum atomic E-state index is -0.0960. The Morgan fingerprint density at radius 1 is 1.04 bits per heavy atom. The lowest BCUT2D eigenvalue weighted by Gasteiger charge is -2.13. The van der Waals surface area contributed by atoms with Gasteiger partial charge in [0.15, 0.2) is 0 Å². The van der Waals surface area contributed by atoms with Crippen LogP contribution in [0.25, 0.3) is 22.4 Å². The van der Waals surface area contributed by atoms with Crippen LogP contribution in [0.2, 0.25) is 0 Å². The molecule has 0 saturated carbocycles. The van der Waals surface area contributed by atoms with E-state index in [9.17, 15) is 4.79 Å². The van der Waals surface area contributed by atoms with Gasteiger partial charge in [-0.1, -0.05) is 67.4 Å². The number of aromatic nitrogens is 2. The lowest BCUT2D eigenvalue weighted by Crippen LogP contribution is -2.23. The molecule has 136 valence electrons. The normalized spacial score (nSPS) is 10.2. The maximum atomic E-state index is 13.0. The third kappa shape index (κ3) is 3.63. The van der Waals surface area contributed by atoms with E-state index in [0.717, 1.165) is 23.1 Å². The monoisotopic (exact) mass is 357 g/mol. The Kier molecular flexibility index (Phi) is 5.42. The van der Waals surface area contributed by atoms with Crippen LogP contribution >= 0.6 is 0 Å². The average molecular weight is 357 g/mol. The largest absolute Gasteiger partial charge is 0.345 e. The Bertz CT molecular complexity index is 1020. The lowest BCUT2D eigenvalue weighted by atomic mass is 9.95. The van der Waals surface area contributed by atoms with Crippen molar-refractivity contribution in [2.45, 2.75) is 13.3 Å². The van der Waals surface area contributed by atoms with Crippen LogP contribution in [0.1, 0.15) is 29.4 Å². The van der Waals surface area contributed by atoms with Gasteiger partial charge in [0.2, 0.25) is 0 Å². The molecule has 0 atom stereocenters. The van der Waals surface area contributed by atoms with Gasteiger partial charge in [0.25, 0.3) is 5.91 Å². The minimum Gasteiger partial charge on any atom is -0.345 e. The molecule has 0 aliphatic carbocycles. The van der Waals surface area contributed by atoms with Gasteiger partial charge in [0.05, 0.1) is 0 Å². The zero-order chi connectivity index (χ0) is 19.4. The van der Waals surface area contributed by atoms with Crippen molar-refractivity contribution in [3.8, 4) is 34.2 Å². The van der Waals surface area contributed by atoms with E-state index < -0.39 is 0 Å². The molecule has 27 heavy (non-hydrogen) atoms. The van der Waals surface area contributed by atoms with Gasteiger partial charge in [-0.25, -0.2) is 0 Å². The summed E-state index contributed by atoms with van der Waals surface area (Å²) in [4.78, 5) is 14.6. The zero-order valence-corrected chi connectivity index (χ0v) is 16.2. The summed E-state index contributed by atoms with van der Waals surface area (Å²) in [5.41, 5.74) is 4.91. The molecular formula is C23H23N3O. The van der Waals surface area contributed by atoms with Crippen molar-refractivity contribution in [2.24, 2.45) is 7.05 Å². The molecule has 0 radical (unpaired) electrons. The van der Waals surface area contributed by atoms with Crippen LogP contribution in [0.15, 0.2) is 54.6 Å². The highest BCUT2D eigenvalue weighted by Crippen LogP contribution is 2.34. The number of amides is 1. The van der Waals surface area contributed by atoms with Crippen LogP contribution in [0.3, 0.4) is 0 Å². The topological polar surface area (TPSA) is 38.1 Å². The van der Waals surface area contributed by atoms with Crippen LogP contribution in [-0.2, 0) is 7.05 Å². The van der Waals surface area contributed by atoms with Crippen molar-refractivity contribution >= 4 is 5.91 Å². The number of hydrogen-bond acceptors (Lipinski definition) is 2. The summed E-state index contributed by atoms with van der Waals surface area (Å²) >= 11 is 0. The smallest absolute Gasteiger partial charge is 0.258 e. The predicted molar refractivity (Wildman–Crippen MR) is 109 cm³/mol. The molecule has 1 heterocycles. The fraction of sp³-hybridized carbons (Fsp3) is 0.217. The third-order valence-electron chi connectivity index (χ3n) is 4.32. The molecule has 0 unspecified atom stereocenters. The summed E-state index contributed by atoms with van der Waals surface area (Å²) in [7, 11) is 5.33. The molecule has 3 rings (SSSR count). The highest BCUT2D eigenvalue weighted by atomic mass is 16.2. The van der Waals surface area contributed by atoms with E-state index in [1.54, 1.807) is 23.7 Å². The Morgan fingerprint density at radius 2 is 1.67 bits per heavy atom. The maximum absolute atomic E-state index is 13.0. The van der Waals surface area contributed by atoms with E-state index >= 15 is 0 Å². The molecule has 0 aliphatic rings. The molecule has 0 bridgehead atoms. The SMILES string of the molecule is CCC#Cc1c(C(=O)N(C)C)c(-c2ccccc2-c2ccccc2)nn1C.